The molecule has 2 aromatic carbocycles. The highest BCUT2D eigenvalue weighted by molar-refractivity contribution is 5.37. The van der Waals surface area contributed by atoms with E-state index in [0.717, 1.165) is 16.9 Å². The molecule has 0 aliphatic rings. The standard InChI is InChI=1S/C17H19FO2/c1-12-7-8-17(20-2)14(9-12)11-15(19)10-13-5-3-4-6-16(13)18/h3-9,15,19H,10-11H2,1-2H3. The molecule has 0 fully saturated rings. The van der Waals surface area contributed by atoms with Gasteiger partial charge in [-0.2, -0.15) is 0 Å². The Kier molecular flexibility index (Phi) is 4.74. The lowest BCUT2D eigenvalue weighted by molar-refractivity contribution is 0.173. The Morgan fingerprint density at radius 1 is 1.10 bits per heavy atom. The fourth-order valence-corrected chi connectivity index (χ4v) is 2.31. The van der Waals surface area contributed by atoms with Crippen molar-refractivity contribution in [3.63, 3.8) is 0 Å². The van der Waals surface area contributed by atoms with E-state index in [1.807, 2.05) is 25.1 Å². The first-order chi connectivity index (χ1) is 9.60. The third-order valence-electron chi connectivity index (χ3n) is 3.30. The van der Waals surface area contributed by atoms with Gasteiger partial charge in [0.1, 0.15) is 11.6 Å². The van der Waals surface area contributed by atoms with E-state index in [9.17, 15) is 9.50 Å². The highest BCUT2D eigenvalue weighted by atomic mass is 19.1. The number of halogens is 1. The molecule has 3 heteroatoms. The Hall–Kier alpha value is -1.87. The SMILES string of the molecule is COc1ccc(C)cc1CC(O)Cc1ccccc1F. The number of methoxy groups -OCH3 is 1. The molecule has 0 radical (unpaired) electrons. The number of aliphatic hydroxyl groups is 1. The molecule has 0 amide bonds. The third-order valence-corrected chi connectivity index (χ3v) is 3.30. The lowest BCUT2D eigenvalue weighted by Gasteiger charge is -2.14. The average molecular weight is 274 g/mol. The molecule has 0 bridgehead atoms. The topological polar surface area (TPSA) is 29.5 Å². The van der Waals surface area contributed by atoms with Gasteiger partial charge in [-0.25, -0.2) is 4.39 Å². The van der Waals surface area contributed by atoms with E-state index in [1.165, 1.54) is 6.07 Å². The van der Waals surface area contributed by atoms with Crippen LogP contribution in [0.4, 0.5) is 4.39 Å². The Labute approximate surface area is 118 Å². The zero-order valence-electron chi connectivity index (χ0n) is 11.8. The van der Waals surface area contributed by atoms with Crippen LogP contribution in [0.1, 0.15) is 16.7 Å². The monoisotopic (exact) mass is 274 g/mol. The van der Waals surface area contributed by atoms with Gasteiger partial charge in [0, 0.05) is 12.8 Å². The molecule has 0 saturated carbocycles. The molecule has 0 heterocycles. The quantitative estimate of drug-likeness (QED) is 0.906. The summed E-state index contributed by atoms with van der Waals surface area (Å²) in [5.41, 5.74) is 2.59. The van der Waals surface area contributed by atoms with Crippen LogP contribution in [0.15, 0.2) is 42.5 Å². The lowest BCUT2D eigenvalue weighted by atomic mass is 9.99. The van der Waals surface area contributed by atoms with Gasteiger partial charge in [-0.15, -0.1) is 0 Å². The summed E-state index contributed by atoms with van der Waals surface area (Å²) in [4.78, 5) is 0. The van der Waals surface area contributed by atoms with Crippen LogP contribution in [0.3, 0.4) is 0 Å². The molecule has 2 rings (SSSR count). The van der Waals surface area contributed by atoms with E-state index in [2.05, 4.69) is 0 Å². The van der Waals surface area contributed by atoms with Gasteiger partial charge >= 0.3 is 0 Å². The zero-order valence-corrected chi connectivity index (χ0v) is 11.8. The number of aryl methyl sites for hydroxylation is 1. The molecule has 106 valence electrons. The first-order valence-corrected chi connectivity index (χ1v) is 6.65. The molecular formula is C17H19FO2. The summed E-state index contributed by atoms with van der Waals surface area (Å²) in [6, 6.07) is 12.4. The molecule has 2 aromatic rings. The van der Waals surface area contributed by atoms with Gasteiger partial charge in [0.05, 0.1) is 13.2 Å². The fourth-order valence-electron chi connectivity index (χ4n) is 2.31. The molecule has 2 nitrogen and oxygen atoms in total. The van der Waals surface area contributed by atoms with E-state index in [4.69, 9.17) is 4.74 Å². The van der Waals surface area contributed by atoms with Gasteiger partial charge in [0.25, 0.3) is 0 Å². The molecule has 1 unspecified atom stereocenters. The van der Waals surface area contributed by atoms with Crippen molar-refractivity contribution in [1.29, 1.82) is 0 Å². The van der Waals surface area contributed by atoms with Crippen molar-refractivity contribution < 1.29 is 14.2 Å². The predicted octanol–water partition coefficient (Wildman–Crippen LogP) is 3.29. The maximum atomic E-state index is 13.6. The molecule has 0 aromatic heterocycles. The second-order valence-electron chi connectivity index (χ2n) is 4.97. The summed E-state index contributed by atoms with van der Waals surface area (Å²) >= 11 is 0. The predicted molar refractivity (Wildman–Crippen MR) is 77.5 cm³/mol. The number of hydrogen-bond donors (Lipinski definition) is 1. The van der Waals surface area contributed by atoms with Crippen molar-refractivity contribution in [2.75, 3.05) is 7.11 Å². The first-order valence-electron chi connectivity index (χ1n) is 6.65. The minimum Gasteiger partial charge on any atom is -0.496 e. The van der Waals surface area contributed by atoms with Crippen LogP contribution in [-0.4, -0.2) is 18.3 Å². The summed E-state index contributed by atoms with van der Waals surface area (Å²) in [6.45, 7) is 1.99. The van der Waals surface area contributed by atoms with Crippen molar-refractivity contribution in [2.24, 2.45) is 0 Å². The van der Waals surface area contributed by atoms with E-state index in [-0.39, 0.29) is 5.82 Å². The van der Waals surface area contributed by atoms with Crippen LogP contribution in [0, 0.1) is 12.7 Å². The van der Waals surface area contributed by atoms with Gasteiger partial charge in [-0.05, 0) is 30.2 Å². The maximum absolute atomic E-state index is 13.6. The summed E-state index contributed by atoms with van der Waals surface area (Å²) < 4.78 is 18.9. The molecule has 20 heavy (non-hydrogen) atoms. The number of ether oxygens (including phenoxy) is 1. The second-order valence-corrected chi connectivity index (χ2v) is 4.97. The van der Waals surface area contributed by atoms with E-state index < -0.39 is 6.10 Å². The molecule has 1 atom stereocenters. The highest BCUT2D eigenvalue weighted by Gasteiger charge is 2.13. The van der Waals surface area contributed by atoms with E-state index in [1.54, 1.807) is 25.3 Å². The lowest BCUT2D eigenvalue weighted by Crippen LogP contribution is -2.15. The third kappa shape index (κ3) is 3.58. The summed E-state index contributed by atoms with van der Waals surface area (Å²) in [5, 5.41) is 10.2. The number of hydrogen-bond acceptors (Lipinski definition) is 2. The molecule has 0 saturated heterocycles. The van der Waals surface area contributed by atoms with E-state index in [0.29, 0.717) is 18.4 Å². The van der Waals surface area contributed by atoms with Crippen LogP contribution in [0.5, 0.6) is 5.75 Å². The van der Waals surface area contributed by atoms with Gasteiger partial charge in [0.15, 0.2) is 0 Å². The zero-order chi connectivity index (χ0) is 14.5. The van der Waals surface area contributed by atoms with Crippen LogP contribution in [0.25, 0.3) is 0 Å². The number of benzene rings is 2. The smallest absolute Gasteiger partial charge is 0.126 e. The van der Waals surface area contributed by atoms with E-state index >= 15 is 0 Å². The molecule has 0 aliphatic carbocycles. The van der Waals surface area contributed by atoms with Crippen LogP contribution in [0.2, 0.25) is 0 Å². The Balaban J connectivity index is 2.10. The van der Waals surface area contributed by atoms with Crippen molar-refractivity contribution in [3.8, 4) is 5.75 Å². The minimum absolute atomic E-state index is 0.275. The summed E-state index contributed by atoms with van der Waals surface area (Å²) in [6.07, 6.45) is 0.103. The fraction of sp³-hybridized carbons (Fsp3) is 0.294. The second kappa shape index (κ2) is 6.53. The van der Waals surface area contributed by atoms with Crippen molar-refractivity contribution in [3.05, 3.63) is 65.0 Å². The largest absolute Gasteiger partial charge is 0.496 e. The van der Waals surface area contributed by atoms with Crippen molar-refractivity contribution in [2.45, 2.75) is 25.9 Å². The minimum atomic E-state index is -0.636. The van der Waals surface area contributed by atoms with Crippen molar-refractivity contribution in [1.82, 2.24) is 0 Å². The Morgan fingerprint density at radius 2 is 1.80 bits per heavy atom. The molecule has 1 N–H and O–H groups in total. The van der Waals surface area contributed by atoms with Crippen LogP contribution in [-0.2, 0) is 12.8 Å². The number of aliphatic hydroxyl groups excluding tert-OH is 1. The van der Waals surface area contributed by atoms with Crippen molar-refractivity contribution >= 4 is 0 Å². The highest BCUT2D eigenvalue weighted by Crippen LogP contribution is 2.22. The summed E-state index contributed by atoms with van der Waals surface area (Å²) in [7, 11) is 1.61. The van der Waals surface area contributed by atoms with Gasteiger partial charge in [-0.3, -0.25) is 0 Å². The first kappa shape index (κ1) is 14.5. The van der Waals surface area contributed by atoms with Crippen LogP contribution < -0.4 is 4.74 Å². The van der Waals surface area contributed by atoms with Gasteiger partial charge in [0.2, 0.25) is 0 Å². The normalized spacial score (nSPS) is 12.2. The molecular weight excluding hydrogens is 255 g/mol. The van der Waals surface area contributed by atoms with Crippen LogP contribution >= 0.6 is 0 Å². The molecule has 0 spiro atoms. The average Bonchev–Trinajstić information content (AvgIpc) is 2.41. The Bertz CT molecular complexity index is 581. The maximum Gasteiger partial charge on any atom is 0.126 e. The molecule has 0 aliphatic heterocycles. The van der Waals surface area contributed by atoms with Gasteiger partial charge < -0.3 is 9.84 Å². The van der Waals surface area contributed by atoms with Gasteiger partial charge in [-0.1, -0.05) is 35.9 Å². The number of rotatable bonds is 5. The Morgan fingerprint density at radius 3 is 2.50 bits per heavy atom. The summed E-state index contributed by atoms with van der Waals surface area (Å²) in [5.74, 6) is 0.478.